The first-order valence-electron chi connectivity index (χ1n) is 8.00. The van der Waals surface area contributed by atoms with Crippen molar-refractivity contribution >= 4 is 5.97 Å². The van der Waals surface area contributed by atoms with Crippen molar-refractivity contribution in [2.45, 2.75) is 20.8 Å². The molecule has 2 heteroatoms. The highest BCUT2D eigenvalue weighted by Gasteiger charge is 2.22. The lowest BCUT2D eigenvalue weighted by Crippen LogP contribution is -2.08. The second-order valence-corrected chi connectivity index (χ2v) is 6.04. The topological polar surface area (TPSA) is 37.3 Å². The van der Waals surface area contributed by atoms with Crippen LogP contribution in [0.3, 0.4) is 0 Å². The van der Waals surface area contributed by atoms with Crippen LogP contribution in [0.15, 0.2) is 60.7 Å². The molecule has 24 heavy (non-hydrogen) atoms. The van der Waals surface area contributed by atoms with Crippen LogP contribution < -0.4 is 0 Å². The summed E-state index contributed by atoms with van der Waals surface area (Å²) in [5, 5.41) is 9.78. The van der Waals surface area contributed by atoms with E-state index in [1.165, 1.54) is 0 Å². The summed E-state index contributed by atoms with van der Waals surface area (Å²) in [7, 11) is 0. The van der Waals surface area contributed by atoms with Gasteiger partial charge in [-0.25, -0.2) is 4.79 Å². The van der Waals surface area contributed by atoms with Gasteiger partial charge in [-0.3, -0.25) is 0 Å². The largest absolute Gasteiger partial charge is 0.478 e. The summed E-state index contributed by atoms with van der Waals surface area (Å²) in [4.78, 5) is 11.9. The molecule has 3 rings (SSSR count). The maximum absolute atomic E-state index is 11.9. The minimum absolute atomic E-state index is 0.401. The lowest BCUT2D eigenvalue weighted by Gasteiger charge is -2.21. The van der Waals surface area contributed by atoms with Gasteiger partial charge in [0, 0.05) is 0 Å². The Morgan fingerprint density at radius 2 is 1.04 bits per heavy atom. The molecule has 1 N–H and O–H groups in total. The third kappa shape index (κ3) is 2.61. The van der Waals surface area contributed by atoms with Crippen LogP contribution in [0, 0.1) is 20.8 Å². The van der Waals surface area contributed by atoms with Crippen molar-refractivity contribution in [2.75, 3.05) is 0 Å². The van der Waals surface area contributed by atoms with Crippen molar-refractivity contribution < 1.29 is 9.90 Å². The van der Waals surface area contributed by atoms with Crippen LogP contribution in [0.5, 0.6) is 0 Å². The summed E-state index contributed by atoms with van der Waals surface area (Å²) < 4.78 is 0. The zero-order chi connectivity index (χ0) is 17.3. The van der Waals surface area contributed by atoms with Gasteiger partial charge in [-0.2, -0.15) is 0 Å². The van der Waals surface area contributed by atoms with Crippen LogP contribution in [0.1, 0.15) is 27.0 Å². The van der Waals surface area contributed by atoms with E-state index in [9.17, 15) is 9.90 Å². The van der Waals surface area contributed by atoms with E-state index in [-0.39, 0.29) is 0 Å². The van der Waals surface area contributed by atoms with Crippen LogP contribution >= 0.6 is 0 Å². The first-order valence-corrected chi connectivity index (χ1v) is 8.00. The van der Waals surface area contributed by atoms with Crippen LogP contribution in [0.4, 0.5) is 0 Å². The molecule has 0 bridgehead atoms. The molecule has 0 fully saturated rings. The molecule has 3 aromatic rings. The van der Waals surface area contributed by atoms with E-state index >= 15 is 0 Å². The van der Waals surface area contributed by atoms with Gasteiger partial charge in [0.25, 0.3) is 0 Å². The summed E-state index contributed by atoms with van der Waals surface area (Å²) in [6.45, 7) is 5.89. The number of hydrogen-bond acceptors (Lipinski definition) is 1. The number of carboxylic acids is 1. The monoisotopic (exact) mass is 316 g/mol. The Hall–Kier alpha value is -2.87. The van der Waals surface area contributed by atoms with Crippen molar-refractivity contribution in [3.05, 3.63) is 82.9 Å². The third-order valence-corrected chi connectivity index (χ3v) is 4.59. The Balaban J connectivity index is 2.43. The molecular formula is C22H20O2. The van der Waals surface area contributed by atoms with Crippen LogP contribution in [0.25, 0.3) is 22.3 Å². The summed E-state index contributed by atoms with van der Waals surface area (Å²) in [5.41, 5.74) is 7.28. The minimum Gasteiger partial charge on any atom is -0.478 e. The van der Waals surface area contributed by atoms with Crippen molar-refractivity contribution in [3.63, 3.8) is 0 Å². The van der Waals surface area contributed by atoms with Gasteiger partial charge in [-0.05, 0) is 59.7 Å². The first kappa shape index (κ1) is 16.0. The summed E-state index contributed by atoms with van der Waals surface area (Å²) >= 11 is 0. The lowest BCUT2D eigenvalue weighted by molar-refractivity contribution is 0.0695. The van der Waals surface area contributed by atoms with E-state index in [2.05, 4.69) is 6.92 Å². The summed E-state index contributed by atoms with van der Waals surface area (Å²) in [5.74, 6) is -0.876. The van der Waals surface area contributed by atoms with Gasteiger partial charge < -0.3 is 5.11 Å². The lowest BCUT2D eigenvalue weighted by atomic mass is 9.83. The van der Waals surface area contributed by atoms with Crippen molar-refractivity contribution in [1.29, 1.82) is 0 Å². The van der Waals surface area contributed by atoms with Crippen molar-refractivity contribution in [3.8, 4) is 22.3 Å². The summed E-state index contributed by atoms with van der Waals surface area (Å²) in [6.07, 6.45) is 0. The maximum atomic E-state index is 11.9. The zero-order valence-corrected chi connectivity index (χ0v) is 14.1. The number of rotatable bonds is 3. The van der Waals surface area contributed by atoms with Gasteiger partial charge in [0.1, 0.15) is 0 Å². The molecule has 0 saturated heterocycles. The van der Waals surface area contributed by atoms with Gasteiger partial charge in [0.15, 0.2) is 0 Å². The van der Waals surface area contributed by atoms with E-state index in [1.54, 1.807) is 0 Å². The van der Waals surface area contributed by atoms with Crippen LogP contribution in [-0.4, -0.2) is 11.1 Å². The van der Waals surface area contributed by atoms with E-state index in [1.807, 2.05) is 74.5 Å². The fourth-order valence-corrected chi connectivity index (χ4v) is 3.62. The van der Waals surface area contributed by atoms with Gasteiger partial charge in [0.05, 0.1) is 5.56 Å². The number of carboxylic acid groups (broad SMARTS) is 1. The van der Waals surface area contributed by atoms with E-state index in [0.29, 0.717) is 5.56 Å². The quantitative estimate of drug-likeness (QED) is 0.678. The van der Waals surface area contributed by atoms with Crippen LogP contribution in [-0.2, 0) is 0 Å². The molecule has 0 aliphatic carbocycles. The molecule has 0 aliphatic heterocycles. The standard InChI is InChI=1S/C22H20O2/c1-14-19(17-10-6-4-7-11-17)15(2)21(22(23)24)16(3)20(14)18-12-8-5-9-13-18/h4-13H,1-3H3,(H,23,24). The highest BCUT2D eigenvalue weighted by atomic mass is 16.4. The summed E-state index contributed by atoms with van der Waals surface area (Å²) in [6, 6.07) is 20.0. The normalized spacial score (nSPS) is 10.6. The maximum Gasteiger partial charge on any atom is 0.336 e. The predicted octanol–water partition coefficient (Wildman–Crippen LogP) is 5.64. The average Bonchev–Trinajstić information content (AvgIpc) is 2.56. The minimum atomic E-state index is -0.876. The van der Waals surface area contributed by atoms with Crippen molar-refractivity contribution in [2.24, 2.45) is 0 Å². The third-order valence-electron chi connectivity index (χ3n) is 4.59. The van der Waals surface area contributed by atoms with Gasteiger partial charge in [0.2, 0.25) is 0 Å². The molecule has 0 amide bonds. The van der Waals surface area contributed by atoms with E-state index in [0.717, 1.165) is 38.9 Å². The average molecular weight is 316 g/mol. The van der Waals surface area contributed by atoms with E-state index < -0.39 is 5.97 Å². The molecule has 0 heterocycles. The molecule has 0 atom stereocenters. The molecule has 3 aromatic carbocycles. The highest BCUT2D eigenvalue weighted by Crippen LogP contribution is 2.39. The Kier molecular flexibility index (Phi) is 4.22. The second kappa shape index (κ2) is 6.32. The number of hydrogen-bond donors (Lipinski definition) is 1. The molecule has 0 spiro atoms. The first-order chi connectivity index (χ1) is 11.5. The van der Waals surface area contributed by atoms with Gasteiger partial charge >= 0.3 is 5.97 Å². The number of carbonyl (C=O) groups is 1. The molecule has 0 aromatic heterocycles. The van der Waals surface area contributed by atoms with Gasteiger partial charge in [-0.1, -0.05) is 60.7 Å². The van der Waals surface area contributed by atoms with Crippen molar-refractivity contribution in [1.82, 2.24) is 0 Å². The molecule has 120 valence electrons. The number of aromatic carboxylic acids is 1. The Morgan fingerprint density at radius 3 is 1.38 bits per heavy atom. The molecule has 0 radical (unpaired) electrons. The molecule has 0 saturated carbocycles. The SMILES string of the molecule is Cc1c(C(=O)O)c(C)c(-c2ccccc2)c(C)c1-c1ccccc1. The zero-order valence-electron chi connectivity index (χ0n) is 14.1. The Labute approximate surface area is 142 Å². The molecule has 2 nitrogen and oxygen atoms in total. The van der Waals surface area contributed by atoms with E-state index in [4.69, 9.17) is 0 Å². The van der Waals surface area contributed by atoms with Crippen LogP contribution in [0.2, 0.25) is 0 Å². The molecule has 0 aliphatic rings. The molecular weight excluding hydrogens is 296 g/mol. The second-order valence-electron chi connectivity index (χ2n) is 6.04. The smallest absolute Gasteiger partial charge is 0.336 e. The Bertz CT molecular complexity index is 828. The fraction of sp³-hybridized carbons (Fsp3) is 0.136. The fourth-order valence-electron chi connectivity index (χ4n) is 3.62. The highest BCUT2D eigenvalue weighted by molar-refractivity contribution is 5.98. The Morgan fingerprint density at radius 1 is 0.667 bits per heavy atom. The van der Waals surface area contributed by atoms with Gasteiger partial charge in [-0.15, -0.1) is 0 Å². The molecule has 0 unspecified atom stereocenters. The number of benzene rings is 3. The predicted molar refractivity (Wildman–Crippen MR) is 98.5 cm³/mol.